The van der Waals surface area contributed by atoms with E-state index in [0.717, 1.165) is 0 Å². The molecule has 1 N–H and O–H groups in total. The average Bonchev–Trinajstić information content (AvgIpc) is 2.79. The second kappa shape index (κ2) is 9.69. The van der Waals surface area contributed by atoms with Crippen LogP contribution in [0.25, 0.3) is 0 Å². The van der Waals surface area contributed by atoms with Gasteiger partial charge in [0.15, 0.2) is 0 Å². The number of azo groups is 1. The molecule has 31 heavy (non-hydrogen) atoms. The summed E-state index contributed by atoms with van der Waals surface area (Å²) in [5.74, 6) is 0.556. The van der Waals surface area contributed by atoms with Crippen molar-refractivity contribution in [1.29, 1.82) is 0 Å². The number of hydrogen-bond donors (Lipinski definition) is 1. The highest BCUT2D eigenvalue weighted by Crippen LogP contribution is 2.27. The SMILES string of the molecule is COc1ccccc1N=NC(=NNc1ccc([N+](=O)[O-])cc1)c1cccc([N+](=O)[O-])c1. The van der Waals surface area contributed by atoms with Crippen LogP contribution in [0.3, 0.4) is 0 Å². The van der Waals surface area contributed by atoms with Crippen molar-refractivity contribution in [2.24, 2.45) is 15.3 Å². The van der Waals surface area contributed by atoms with Crippen molar-refractivity contribution in [3.63, 3.8) is 0 Å². The summed E-state index contributed by atoms with van der Waals surface area (Å²) in [5.41, 5.74) is 3.79. The predicted octanol–water partition coefficient (Wildman–Crippen LogP) is 5.07. The molecule has 0 atom stereocenters. The van der Waals surface area contributed by atoms with Gasteiger partial charge in [-0.05, 0) is 24.3 Å². The zero-order valence-electron chi connectivity index (χ0n) is 16.2. The van der Waals surface area contributed by atoms with Gasteiger partial charge in [0.2, 0.25) is 5.84 Å². The minimum absolute atomic E-state index is 0.0629. The first-order chi connectivity index (χ1) is 15.0. The summed E-state index contributed by atoms with van der Waals surface area (Å²) in [6, 6.07) is 18.3. The first-order valence-electron chi connectivity index (χ1n) is 8.85. The molecule has 0 unspecified atom stereocenters. The Hall–Kier alpha value is -4.67. The lowest BCUT2D eigenvalue weighted by Crippen LogP contribution is -2.02. The molecule has 0 aliphatic heterocycles. The highest BCUT2D eigenvalue weighted by molar-refractivity contribution is 6.00. The van der Waals surface area contributed by atoms with Crippen molar-refractivity contribution in [1.82, 2.24) is 0 Å². The Labute approximate surface area is 176 Å². The second-order valence-electron chi connectivity index (χ2n) is 6.03. The van der Waals surface area contributed by atoms with Gasteiger partial charge in [0.25, 0.3) is 11.4 Å². The number of rotatable bonds is 7. The molecule has 0 amide bonds. The minimum atomic E-state index is -0.526. The number of benzene rings is 3. The fraction of sp³-hybridized carbons (Fsp3) is 0.0500. The Morgan fingerprint density at radius 3 is 2.29 bits per heavy atom. The molecule has 0 saturated heterocycles. The normalized spacial score (nSPS) is 11.3. The lowest BCUT2D eigenvalue weighted by molar-refractivity contribution is -0.385. The van der Waals surface area contributed by atoms with Gasteiger partial charge in [0, 0.05) is 29.8 Å². The third kappa shape index (κ3) is 5.44. The number of hydrazone groups is 1. The molecule has 0 bridgehead atoms. The number of nitrogens with one attached hydrogen (secondary N) is 1. The summed E-state index contributed by atoms with van der Waals surface area (Å²) >= 11 is 0. The highest BCUT2D eigenvalue weighted by Gasteiger charge is 2.11. The van der Waals surface area contributed by atoms with Crippen LogP contribution in [-0.2, 0) is 0 Å². The zero-order valence-corrected chi connectivity index (χ0v) is 16.2. The molecule has 0 aliphatic rings. The van der Waals surface area contributed by atoms with E-state index in [0.29, 0.717) is 22.7 Å². The van der Waals surface area contributed by atoms with Crippen LogP contribution in [-0.4, -0.2) is 22.8 Å². The van der Waals surface area contributed by atoms with Crippen molar-refractivity contribution >= 4 is 28.6 Å². The van der Waals surface area contributed by atoms with Crippen molar-refractivity contribution in [2.75, 3.05) is 12.5 Å². The summed E-state index contributed by atoms with van der Waals surface area (Å²) in [6.07, 6.45) is 0. The number of nitro groups is 2. The number of para-hydroxylation sites is 1. The lowest BCUT2D eigenvalue weighted by Gasteiger charge is -2.05. The smallest absolute Gasteiger partial charge is 0.270 e. The molecule has 3 aromatic carbocycles. The predicted molar refractivity (Wildman–Crippen MR) is 114 cm³/mol. The van der Waals surface area contributed by atoms with Gasteiger partial charge in [-0.15, -0.1) is 10.2 Å². The Balaban J connectivity index is 1.96. The third-order valence-corrected chi connectivity index (χ3v) is 4.02. The van der Waals surface area contributed by atoms with Crippen molar-refractivity contribution in [2.45, 2.75) is 0 Å². The fourth-order valence-electron chi connectivity index (χ4n) is 2.49. The molecule has 0 fully saturated rings. The van der Waals surface area contributed by atoms with Crippen LogP contribution in [0.15, 0.2) is 88.1 Å². The molecule has 0 radical (unpaired) electrons. The first-order valence-corrected chi connectivity index (χ1v) is 8.85. The summed E-state index contributed by atoms with van der Waals surface area (Å²) in [6.45, 7) is 0. The zero-order chi connectivity index (χ0) is 22.2. The van der Waals surface area contributed by atoms with Gasteiger partial charge >= 0.3 is 0 Å². The summed E-state index contributed by atoms with van der Waals surface area (Å²) in [4.78, 5) is 20.9. The largest absolute Gasteiger partial charge is 0.494 e. The summed E-state index contributed by atoms with van der Waals surface area (Å²) in [5, 5.41) is 34.4. The monoisotopic (exact) mass is 420 g/mol. The van der Waals surface area contributed by atoms with E-state index in [1.165, 1.54) is 49.6 Å². The van der Waals surface area contributed by atoms with Crippen LogP contribution in [0.2, 0.25) is 0 Å². The second-order valence-corrected chi connectivity index (χ2v) is 6.03. The van der Waals surface area contributed by atoms with Gasteiger partial charge < -0.3 is 4.74 Å². The number of amidine groups is 1. The van der Waals surface area contributed by atoms with Crippen LogP contribution >= 0.6 is 0 Å². The quantitative estimate of drug-likeness (QED) is 0.186. The Bertz CT molecular complexity index is 1160. The van der Waals surface area contributed by atoms with E-state index in [4.69, 9.17) is 4.74 Å². The van der Waals surface area contributed by atoms with Gasteiger partial charge in [0.05, 0.1) is 22.6 Å². The standard InChI is InChI=1S/C20H16N6O5/c1-31-19-8-3-2-7-18(19)22-24-20(14-5-4-6-17(13-14)26(29)30)23-21-15-9-11-16(12-10-15)25(27)28/h2-13,21H,1H3. The number of ether oxygens (including phenoxy) is 1. The molecule has 0 aromatic heterocycles. The van der Waals surface area contributed by atoms with Crippen molar-refractivity contribution < 1.29 is 14.6 Å². The number of nitro benzene ring substituents is 2. The highest BCUT2D eigenvalue weighted by atomic mass is 16.6. The molecule has 0 spiro atoms. The van der Waals surface area contributed by atoms with E-state index in [1.807, 2.05) is 0 Å². The van der Waals surface area contributed by atoms with Crippen LogP contribution in [0, 0.1) is 20.2 Å². The molecule has 3 aromatic rings. The van der Waals surface area contributed by atoms with E-state index < -0.39 is 9.85 Å². The summed E-state index contributed by atoms with van der Waals surface area (Å²) in [7, 11) is 1.50. The van der Waals surface area contributed by atoms with Gasteiger partial charge in [-0.3, -0.25) is 25.7 Å². The molecule has 0 saturated carbocycles. The third-order valence-electron chi connectivity index (χ3n) is 4.02. The Kier molecular flexibility index (Phi) is 6.58. The van der Waals surface area contributed by atoms with E-state index in [2.05, 4.69) is 20.8 Å². The van der Waals surface area contributed by atoms with Crippen LogP contribution < -0.4 is 10.2 Å². The number of non-ortho nitro benzene ring substituents is 2. The topological polar surface area (TPSA) is 145 Å². The molecule has 0 heterocycles. The van der Waals surface area contributed by atoms with Crippen LogP contribution in [0.4, 0.5) is 22.7 Å². The van der Waals surface area contributed by atoms with Gasteiger partial charge in [0.1, 0.15) is 11.4 Å². The van der Waals surface area contributed by atoms with Gasteiger partial charge in [-0.25, -0.2) is 0 Å². The maximum Gasteiger partial charge on any atom is 0.270 e. The molecule has 156 valence electrons. The van der Waals surface area contributed by atoms with Crippen LogP contribution in [0.5, 0.6) is 5.75 Å². The maximum atomic E-state index is 11.1. The first kappa shape index (κ1) is 21.0. The maximum absolute atomic E-state index is 11.1. The number of anilines is 1. The molecule has 11 heteroatoms. The number of hydrogen-bond acceptors (Lipinski definition) is 8. The van der Waals surface area contributed by atoms with E-state index in [9.17, 15) is 20.2 Å². The molecule has 3 rings (SSSR count). The number of methoxy groups -OCH3 is 1. The lowest BCUT2D eigenvalue weighted by atomic mass is 10.2. The average molecular weight is 420 g/mol. The van der Waals surface area contributed by atoms with Gasteiger partial charge in [-0.1, -0.05) is 24.3 Å². The Morgan fingerprint density at radius 2 is 1.61 bits per heavy atom. The molecule has 0 aliphatic carbocycles. The van der Waals surface area contributed by atoms with Crippen molar-refractivity contribution in [3.05, 3.63) is 98.6 Å². The minimum Gasteiger partial charge on any atom is -0.494 e. The van der Waals surface area contributed by atoms with E-state index >= 15 is 0 Å². The molecular formula is C20H16N6O5. The molecule has 11 nitrogen and oxygen atoms in total. The van der Waals surface area contributed by atoms with Gasteiger partial charge in [-0.2, -0.15) is 5.10 Å². The fourth-order valence-corrected chi connectivity index (χ4v) is 2.49. The van der Waals surface area contributed by atoms with Crippen molar-refractivity contribution in [3.8, 4) is 5.75 Å². The Morgan fingerprint density at radius 1 is 0.903 bits per heavy atom. The van der Waals surface area contributed by atoms with E-state index in [-0.39, 0.29) is 17.2 Å². The molecular weight excluding hydrogens is 404 g/mol. The van der Waals surface area contributed by atoms with Crippen LogP contribution in [0.1, 0.15) is 5.56 Å². The number of nitrogens with zero attached hydrogens (tertiary/aromatic N) is 5. The van der Waals surface area contributed by atoms with E-state index in [1.54, 1.807) is 30.3 Å². The summed E-state index contributed by atoms with van der Waals surface area (Å²) < 4.78 is 5.24.